The van der Waals surface area contributed by atoms with E-state index in [1.807, 2.05) is 30.3 Å². The molecule has 1 saturated carbocycles. The normalized spacial score (nSPS) is 14.6. The minimum absolute atomic E-state index is 0.335. The molecule has 192 valence electrons. The van der Waals surface area contributed by atoms with Crippen molar-refractivity contribution in [1.29, 1.82) is 0 Å². The minimum Gasteiger partial charge on any atom is -0.241 e. The summed E-state index contributed by atoms with van der Waals surface area (Å²) in [5.74, 6) is 0.135. The van der Waals surface area contributed by atoms with Crippen LogP contribution in [0.25, 0.3) is 11.3 Å². The highest BCUT2D eigenvalue weighted by Gasteiger charge is 2.21. The summed E-state index contributed by atoms with van der Waals surface area (Å²) in [7, 11) is -3.32. The average molecular weight is 514 g/mol. The summed E-state index contributed by atoms with van der Waals surface area (Å²) >= 11 is 0. The molecule has 1 aliphatic carbocycles. The molecule has 0 radical (unpaired) electrons. The molecule has 0 aliphatic heterocycles. The van der Waals surface area contributed by atoms with Gasteiger partial charge in [-0.1, -0.05) is 43.9 Å². The van der Waals surface area contributed by atoms with Gasteiger partial charge in [-0.3, -0.25) is 0 Å². The Kier molecular flexibility index (Phi) is 8.80. The van der Waals surface area contributed by atoms with Gasteiger partial charge >= 0.3 is 0 Å². The van der Waals surface area contributed by atoms with Crippen LogP contribution in [-0.4, -0.2) is 35.5 Å². The van der Waals surface area contributed by atoms with Gasteiger partial charge in [0.2, 0.25) is 10.0 Å². The molecule has 0 amide bonds. The van der Waals surface area contributed by atoms with Crippen molar-refractivity contribution in [3.05, 3.63) is 83.3 Å². The molecule has 8 heteroatoms. The van der Waals surface area contributed by atoms with Crippen LogP contribution < -0.4 is 0 Å². The van der Waals surface area contributed by atoms with Crippen molar-refractivity contribution in [2.24, 2.45) is 5.92 Å². The highest BCUT2D eigenvalue weighted by atomic mass is 32.2. The highest BCUT2D eigenvalue weighted by Crippen LogP contribution is 2.28. The number of halogens is 2. The molecule has 1 aliphatic rings. The first kappa shape index (κ1) is 26.4. The van der Waals surface area contributed by atoms with Crippen LogP contribution >= 0.6 is 0 Å². The first-order valence-corrected chi connectivity index (χ1v) is 14.4. The second kappa shape index (κ2) is 12.0. The van der Waals surface area contributed by atoms with Crippen molar-refractivity contribution >= 4 is 10.0 Å². The van der Waals surface area contributed by atoms with E-state index >= 15 is 0 Å². The molecule has 2 aromatic carbocycles. The number of hydrogen-bond donors (Lipinski definition) is 0. The number of benzene rings is 2. The molecule has 0 atom stereocenters. The second-order valence-electron chi connectivity index (χ2n) is 9.73. The van der Waals surface area contributed by atoms with Gasteiger partial charge in [0.1, 0.15) is 17.5 Å². The third-order valence-electron chi connectivity index (χ3n) is 6.81. The van der Waals surface area contributed by atoms with Crippen LogP contribution in [0.2, 0.25) is 0 Å². The van der Waals surface area contributed by atoms with E-state index in [-0.39, 0.29) is 0 Å². The van der Waals surface area contributed by atoms with Crippen LogP contribution in [0.4, 0.5) is 8.78 Å². The van der Waals surface area contributed by atoms with Crippen molar-refractivity contribution in [2.45, 2.75) is 57.9 Å². The van der Waals surface area contributed by atoms with E-state index in [2.05, 4.69) is 9.97 Å². The van der Waals surface area contributed by atoms with Crippen molar-refractivity contribution < 1.29 is 17.2 Å². The average Bonchev–Trinajstić information content (AvgIpc) is 3.34. The Morgan fingerprint density at radius 2 is 1.72 bits per heavy atom. The Morgan fingerprint density at radius 1 is 0.972 bits per heavy atom. The SMILES string of the molecule is CS(=O)(=O)N(CCC1CCCC1)Cc1cccc(-c2ccnc(CCCc3cc(F)cc(F)c3)n2)c1. The molecule has 1 aromatic heterocycles. The van der Waals surface area contributed by atoms with E-state index < -0.39 is 21.7 Å². The number of aromatic nitrogens is 2. The Hall–Kier alpha value is -2.71. The van der Waals surface area contributed by atoms with Gasteiger partial charge in [0.05, 0.1) is 11.9 Å². The predicted molar refractivity (Wildman–Crippen MR) is 138 cm³/mol. The lowest BCUT2D eigenvalue weighted by Gasteiger charge is -2.22. The topological polar surface area (TPSA) is 63.2 Å². The Bertz CT molecular complexity index is 1260. The van der Waals surface area contributed by atoms with E-state index in [0.29, 0.717) is 49.7 Å². The van der Waals surface area contributed by atoms with Crippen LogP contribution in [0, 0.1) is 17.6 Å². The van der Waals surface area contributed by atoms with E-state index in [1.54, 1.807) is 10.5 Å². The summed E-state index contributed by atoms with van der Waals surface area (Å²) in [6.45, 7) is 0.877. The maximum absolute atomic E-state index is 13.4. The standard InChI is InChI=1S/C28H33F2N3O2S/c1-36(34,35)33(15-13-21-6-2-3-7-21)20-23-9-4-10-24(16-23)27-12-14-31-28(32-27)11-5-8-22-17-25(29)19-26(30)18-22/h4,9-10,12,14,16-19,21H,2-3,5-8,11,13,15,20H2,1H3. The fourth-order valence-electron chi connectivity index (χ4n) is 4.91. The molecule has 3 aromatic rings. The predicted octanol–water partition coefficient (Wildman–Crippen LogP) is 5.94. The summed E-state index contributed by atoms with van der Waals surface area (Å²) in [4.78, 5) is 9.03. The molecule has 5 nitrogen and oxygen atoms in total. The van der Waals surface area contributed by atoms with E-state index in [4.69, 9.17) is 0 Å². The van der Waals surface area contributed by atoms with E-state index in [0.717, 1.165) is 29.3 Å². The summed E-state index contributed by atoms with van der Waals surface area (Å²) in [5, 5.41) is 0. The zero-order chi connectivity index (χ0) is 25.5. The second-order valence-corrected chi connectivity index (χ2v) is 11.7. The van der Waals surface area contributed by atoms with Gasteiger partial charge in [-0.05, 0) is 60.6 Å². The van der Waals surface area contributed by atoms with Crippen LogP contribution in [0.3, 0.4) is 0 Å². The smallest absolute Gasteiger partial charge is 0.211 e. The van der Waals surface area contributed by atoms with Crippen molar-refractivity contribution in [2.75, 3.05) is 12.8 Å². The molecular formula is C28H33F2N3O2S. The summed E-state index contributed by atoms with van der Waals surface area (Å²) in [6, 6.07) is 13.2. The number of nitrogens with zero attached hydrogens (tertiary/aromatic N) is 3. The molecular weight excluding hydrogens is 480 g/mol. The fraction of sp³-hybridized carbons (Fsp3) is 0.429. The number of hydrogen-bond acceptors (Lipinski definition) is 4. The van der Waals surface area contributed by atoms with Crippen LogP contribution in [0.1, 0.15) is 55.5 Å². The lowest BCUT2D eigenvalue weighted by molar-refractivity contribution is 0.362. The Labute approximate surface area is 212 Å². The van der Waals surface area contributed by atoms with Gasteiger partial charge in [-0.15, -0.1) is 0 Å². The van der Waals surface area contributed by atoms with Crippen LogP contribution in [-0.2, 0) is 29.4 Å². The lowest BCUT2D eigenvalue weighted by Crippen LogP contribution is -2.31. The summed E-state index contributed by atoms with van der Waals surface area (Å²) in [5.41, 5.74) is 3.18. The van der Waals surface area contributed by atoms with Gasteiger partial charge in [-0.25, -0.2) is 27.2 Å². The largest absolute Gasteiger partial charge is 0.241 e. The molecule has 1 fully saturated rings. The monoisotopic (exact) mass is 513 g/mol. The van der Waals surface area contributed by atoms with Crippen molar-refractivity contribution in [3.63, 3.8) is 0 Å². The van der Waals surface area contributed by atoms with Crippen LogP contribution in [0.15, 0.2) is 54.7 Å². The Balaban J connectivity index is 1.41. The zero-order valence-electron chi connectivity index (χ0n) is 20.7. The fourth-order valence-corrected chi connectivity index (χ4v) is 5.73. The quantitative estimate of drug-likeness (QED) is 0.318. The van der Waals surface area contributed by atoms with Gasteiger partial charge in [0.25, 0.3) is 0 Å². The van der Waals surface area contributed by atoms with E-state index in [1.165, 1.54) is 44.1 Å². The molecule has 4 rings (SSSR count). The molecule has 36 heavy (non-hydrogen) atoms. The van der Waals surface area contributed by atoms with Crippen molar-refractivity contribution in [1.82, 2.24) is 14.3 Å². The Morgan fingerprint density at radius 3 is 2.44 bits per heavy atom. The molecule has 0 unspecified atom stereocenters. The summed E-state index contributed by atoms with van der Waals surface area (Å²) < 4.78 is 53.3. The van der Waals surface area contributed by atoms with Crippen LogP contribution in [0.5, 0.6) is 0 Å². The lowest BCUT2D eigenvalue weighted by atomic mass is 10.0. The first-order chi connectivity index (χ1) is 17.3. The molecule has 0 bridgehead atoms. The third-order valence-corrected chi connectivity index (χ3v) is 8.06. The van der Waals surface area contributed by atoms with Gasteiger partial charge < -0.3 is 0 Å². The molecule has 0 spiro atoms. The highest BCUT2D eigenvalue weighted by molar-refractivity contribution is 7.88. The maximum atomic E-state index is 13.4. The summed E-state index contributed by atoms with van der Waals surface area (Å²) in [6.07, 6.45) is 10.5. The number of aryl methyl sites for hydroxylation is 2. The molecule has 0 saturated heterocycles. The molecule has 1 heterocycles. The first-order valence-electron chi connectivity index (χ1n) is 12.6. The minimum atomic E-state index is -3.32. The van der Waals surface area contributed by atoms with Gasteiger partial charge in [0, 0.05) is 37.3 Å². The maximum Gasteiger partial charge on any atom is 0.211 e. The van der Waals surface area contributed by atoms with Gasteiger partial charge in [-0.2, -0.15) is 4.31 Å². The van der Waals surface area contributed by atoms with E-state index in [9.17, 15) is 17.2 Å². The van der Waals surface area contributed by atoms with Crippen molar-refractivity contribution in [3.8, 4) is 11.3 Å². The number of rotatable bonds is 11. The molecule has 0 N–H and O–H groups in total. The van der Waals surface area contributed by atoms with Gasteiger partial charge in [0.15, 0.2) is 0 Å². The third kappa shape index (κ3) is 7.64. The zero-order valence-corrected chi connectivity index (χ0v) is 21.5. The number of sulfonamides is 1.